The van der Waals surface area contributed by atoms with Gasteiger partial charge in [0.25, 0.3) is 0 Å². The van der Waals surface area contributed by atoms with E-state index in [1.54, 1.807) is 0 Å². The third kappa shape index (κ3) is 2.13. The molecular weight excluding hydrogens is 287 g/mol. The molecule has 0 fully saturated rings. The first-order chi connectivity index (χ1) is 6.88. The highest BCUT2D eigenvalue weighted by atomic mass is 127. The molecule has 2 rings (SSSR count). The summed E-state index contributed by atoms with van der Waals surface area (Å²) in [6.45, 7) is 0. The minimum Gasteiger partial charge on any atom is -0.624 e. The summed E-state index contributed by atoms with van der Waals surface area (Å²) in [6.07, 6.45) is 0. The van der Waals surface area contributed by atoms with Gasteiger partial charge in [-0.05, 0) is 24.3 Å². The van der Waals surface area contributed by atoms with Crippen molar-refractivity contribution in [2.24, 2.45) is 0 Å². The maximum absolute atomic E-state index is 12.1. The molecule has 0 spiro atoms. The number of hydrogen-bond donors (Lipinski definition) is 0. The van der Waals surface area contributed by atoms with E-state index in [2.05, 4.69) is 0 Å². The van der Waals surface area contributed by atoms with Gasteiger partial charge in [-0.1, -0.05) is 36.4 Å². The topological polar surface area (TPSA) is 23.1 Å². The average molecular weight is 297 g/mol. The van der Waals surface area contributed by atoms with E-state index >= 15 is 0 Å². The zero-order valence-corrected chi connectivity index (χ0v) is 9.72. The second-order valence-electron chi connectivity index (χ2n) is 2.84. The molecule has 0 amide bonds. The van der Waals surface area contributed by atoms with E-state index in [9.17, 15) is 3.44 Å². The third-order valence-electron chi connectivity index (χ3n) is 1.86. The van der Waals surface area contributed by atoms with Crippen LogP contribution in [-0.4, -0.2) is 0 Å². The largest absolute Gasteiger partial charge is 0.624 e. The van der Waals surface area contributed by atoms with Crippen LogP contribution in [0, 0.1) is 7.14 Å². The Labute approximate surface area is 91.3 Å². The summed E-state index contributed by atoms with van der Waals surface area (Å²) in [5, 5.41) is 0. The van der Waals surface area contributed by atoms with Crippen molar-refractivity contribution in [2.75, 3.05) is 0 Å². The Balaban J connectivity index is 2.30. The summed E-state index contributed by atoms with van der Waals surface area (Å²) < 4.78 is 14.0. The van der Waals surface area contributed by atoms with Crippen LogP contribution in [0.25, 0.3) is 0 Å². The Morgan fingerprint density at radius 3 is 1.36 bits per heavy atom. The van der Waals surface area contributed by atoms with Crippen molar-refractivity contribution >= 4 is 0 Å². The van der Waals surface area contributed by atoms with Crippen LogP contribution in [0.3, 0.4) is 0 Å². The van der Waals surface area contributed by atoms with Crippen LogP contribution in [0.5, 0.6) is 0 Å². The summed E-state index contributed by atoms with van der Waals surface area (Å²) in [7, 11) is 0. The molecule has 2 aromatic rings. The van der Waals surface area contributed by atoms with E-state index in [4.69, 9.17) is 0 Å². The molecule has 0 heterocycles. The molecule has 0 unspecified atom stereocenters. The lowest BCUT2D eigenvalue weighted by Gasteiger charge is -2.07. The highest BCUT2D eigenvalue weighted by Crippen LogP contribution is 1.86. The van der Waals surface area contributed by atoms with Crippen LogP contribution in [0.4, 0.5) is 0 Å². The Kier molecular flexibility index (Phi) is 3.16. The number of hydrogen-bond acceptors (Lipinski definition) is 1. The van der Waals surface area contributed by atoms with Gasteiger partial charge in [-0.2, -0.15) is 0 Å². The molecular formula is C12H10IO. The lowest BCUT2D eigenvalue weighted by atomic mass is 10.4. The van der Waals surface area contributed by atoms with E-state index in [0.29, 0.717) is 0 Å². The normalized spacial score (nSPS) is 10.4. The Hall–Kier alpha value is -0.870. The predicted octanol–water partition coefficient (Wildman–Crippen LogP) is -1.37. The first-order valence-electron chi connectivity index (χ1n) is 4.35. The summed E-state index contributed by atoms with van der Waals surface area (Å²) in [6, 6.07) is 19.4. The second-order valence-corrected chi connectivity index (χ2v) is 6.75. The summed E-state index contributed by atoms with van der Waals surface area (Å²) in [5.41, 5.74) is 0. The van der Waals surface area contributed by atoms with Gasteiger partial charge < -0.3 is 3.44 Å². The molecule has 2 aromatic carbocycles. The third-order valence-corrected chi connectivity index (χ3v) is 5.56. The van der Waals surface area contributed by atoms with Gasteiger partial charge in [0.1, 0.15) is 7.14 Å². The fourth-order valence-corrected chi connectivity index (χ4v) is 4.04. The second kappa shape index (κ2) is 4.57. The maximum atomic E-state index is 12.1. The van der Waals surface area contributed by atoms with E-state index in [1.165, 1.54) is 0 Å². The van der Waals surface area contributed by atoms with Gasteiger partial charge in [-0.3, -0.25) is 0 Å². The Morgan fingerprint density at radius 1 is 0.643 bits per heavy atom. The standard InChI is InChI=1S/C12H10IO/c14-13(11-7-3-1-4-8-11)12-9-5-2-6-10-12/h1-10H. The predicted molar refractivity (Wildman–Crippen MR) is 50.3 cm³/mol. The van der Waals surface area contributed by atoms with Crippen LogP contribution >= 0.6 is 0 Å². The SMILES string of the molecule is [O-][I+](c1ccccc1)c1ccccc1. The molecule has 0 aliphatic carbocycles. The van der Waals surface area contributed by atoms with Crippen molar-refractivity contribution in [3.63, 3.8) is 0 Å². The number of benzene rings is 2. The molecule has 0 aromatic heterocycles. The maximum Gasteiger partial charge on any atom is 0.147 e. The van der Waals surface area contributed by atoms with Crippen LogP contribution < -0.4 is 23.7 Å². The molecule has 0 saturated carbocycles. The van der Waals surface area contributed by atoms with Crippen LogP contribution in [0.1, 0.15) is 0 Å². The average Bonchev–Trinajstić information content (AvgIpc) is 2.30. The van der Waals surface area contributed by atoms with Crippen molar-refractivity contribution < 1.29 is 23.7 Å². The van der Waals surface area contributed by atoms with Crippen molar-refractivity contribution in [1.82, 2.24) is 0 Å². The first-order valence-corrected chi connectivity index (χ1v) is 7.39. The van der Waals surface area contributed by atoms with Gasteiger partial charge in [-0.15, -0.1) is 0 Å². The molecule has 0 aliphatic heterocycles. The fourth-order valence-electron chi connectivity index (χ4n) is 1.18. The van der Waals surface area contributed by atoms with Crippen LogP contribution in [0.2, 0.25) is 0 Å². The van der Waals surface area contributed by atoms with Gasteiger partial charge >= 0.3 is 0 Å². The first kappa shape index (κ1) is 9.68. The van der Waals surface area contributed by atoms with Gasteiger partial charge in [0.15, 0.2) is 0 Å². The minimum absolute atomic E-state index is 0.975. The molecule has 0 bridgehead atoms. The van der Waals surface area contributed by atoms with Gasteiger partial charge in [0.05, 0.1) is 20.2 Å². The quantitative estimate of drug-likeness (QED) is 0.627. The van der Waals surface area contributed by atoms with Crippen molar-refractivity contribution in [1.29, 1.82) is 0 Å². The lowest BCUT2D eigenvalue weighted by molar-refractivity contribution is -1.27. The summed E-state index contributed by atoms with van der Waals surface area (Å²) in [5.74, 6) is 0. The molecule has 0 aliphatic rings. The highest BCUT2D eigenvalue weighted by molar-refractivity contribution is 5.02. The molecule has 0 N–H and O–H groups in total. The van der Waals surface area contributed by atoms with E-state index in [0.717, 1.165) is 7.14 Å². The zero-order valence-electron chi connectivity index (χ0n) is 7.56. The van der Waals surface area contributed by atoms with E-state index in [-0.39, 0.29) is 0 Å². The zero-order chi connectivity index (χ0) is 9.80. The number of halogens is 1. The molecule has 2 heteroatoms. The Bertz CT molecular complexity index is 346. The smallest absolute Gasteiger partial charge is 0.147 e. The summed E-state index contributed by atoms with van der Waals surface area (Å²) in [4.78, 5) is 0. The number of rotatable bonds is 2. The van der Waals surface area contributed by atoms with Gasteiger partial charge in [-0.25, -0.2) is 0 Å². The lowest BCUT2D eigenvalue weighted by Crippen LogP contribution is -3.92. The molecule has 0 atom stereocenters. The van der Waals surface area contributed by atoms with Crippen molar-refractivity contribution in [3.05, 3.63) is 67.8 Å². The summed E-state index contributed by atoms with van der Waals surface area (Å²) >= 11 is -2.35. The van der Waals surface area contributed by atoms with E-state index in [1.807, 2.05) is 60.7 Å². The molecule has 1 radical (unpaired) electrons. The van der Waals surface area contributed by atoms with Gasteiger partial charge in [0.2, 0.25) is 0 Å². The Morgan fingerprint density at radius 2 is 1.00 bits per heavy atom. The minimum atomic E-state index is -2.35. The molecule has 0 saturated heterocycles. The monoisotopic (exact) mass is 297 g/mol. The van der Waals surface area contributed by atoms with Gasteiger partial charge in [0, 0.05) is 0 Å². The van der Waals surface area contributed by atoms with Crippen molar-refractivity contribution in [3.8, 4) is 0 Å². The molecule has 71 valence electrons. The highest BCUT2D eigenvalue weighted by Gasteiger charge is 2.13. The van der Waals surface area contributed by atoms with Crippen molar-refractivity contribution in [2.45, 2.75) is 0 Å². The van der Waals surface area contributed by atoms with Crippen LogP contribution in [-0.2, 0) is 0 Å². The van der Waals surface area contributed by atoms with E-state index < -0.39 is 20.2 Å². The van der Waals surface area contributed by atoms with Crippen LogP contribution in [0.15, 0.2) is 60.7 Å². The molecule has 14 heavy (non-hydrogen) atoms. The molecule has 1 nitrogen and oxygen atoms in total. The fraction of sp³-hybridized carbons (Fsp3) is 0.